The number of hydrogen-bond donors (Lipinski definition) is 1. The van der Waals surface area contributed by atoms with Crippen molar-refractivity contribution < 1.29 is 4.74 Å². The summed E-state index contributed by atoms with van der Waals surface area (Å²) < 4.78 is 9.98. The minimum absolute atomic E-state index is 0.417. The van der Waals surface area contributed by atoms with Crippen LogP contribution in [0.2, 0.25) is 0 Å². The van der Waals surface area contributed by atoms with Crippen molar-refractivity contribution in [2.45, 2.75) is 51.7 Å². The van der Waals surface area contributed by atoms with Crippen molar-refractivity contribution in [1.82, 2.24) is 9.59 Å². The molecule has 0 spiro atoms. The second kappa shape index (κ2) is 6.31. The fourth-order valence-electron chi connectivity index (χ4n) is 2.54. The third kappa shape index (κ3) is 3.16. The van der Waals surface area contributed by atoms with Crippen LogP contribution in [0.1, 0.15) is 44.7 Å². The molecule has 0 aromatic carbocycles. The van der Waals surface area contributed by atoms with Gasteiger partial charge in [0.15, 0.2) is 0 Å². The lowest BCUT2D eigenvalue weighted by atomic mass is 9.85. The van der Waals surface area contributed by atoms with Crippen LogP contribution in [0.5, 0.6) is 0 Å². The Balaban J connectivity index is 1.88. The van der Waals surface area contributed by atoms with Gasteiger partial charge in [0.1, 0.15) is 10.7 Å². The van der Waals surface area contributed by atoms with Gasteiger partial charge in [-0.1, -0.05) is 30.7 Å². The zero-order chi connectivity index (χ0) is 12.1. The summed E-state index contributed by atoms with van der Waals surface area (Å²) in [5.74, 6) is 0.730. The molecule has 0 saturated heterocycles. The van der Waals surface area contributed by atoms with E-state index in [-0.39, 0.29) is 0 Å². The molecule has 2 atom stereocenters. The van der Waals surface area contributed by atoms with Gasteiger partial charge in [-0.25, -0.2) is 0 Å². The molecule has 1 aromatic rings. The highest BCUT2D eigenvalue weighted by Crippen LogP contribution is 2.30. The first-order valence-electron chi connectivity index (χ1n) is 6.45. The van der Waals surface area contributed by atoms with E-state index in [1.54, 1.807) is 0 Å². The van der Waals surface area contributed by atoms with Crippen molar-refractivity contribution in [3.8, 4) is 0 Å². The van der Waals surface area contributed by atoms with E-state index in [1.165, 1.54) is 43.6 Å². The Bertz CT molecular complexity index is 342. The standard InChI is InChI=1S/C12H21N3OS/c1-3-9-6-4-5-7-11(9)16-8-10-12(13-2)17-15-14-10/h9,11,13H,3-8H2,1-2H3. The summed E-state index contributed by atoms with van der Waals surface area (Å²) >= 11 is 1.39. The van der Waals surface area contributed by atoms with Crippen LogP contribution in [0.15, 0.2) is 0 Å². The van der Waals surface area contributed by atoms with Crippen LogP contribution >= 0.6 is 11.5 Å². The van der Waals surface area contributed by atoms with E-state index in [1.807, 2.05) is 7.05 Å². The smallest absolute Gasteiger partial charge is 0.135 e. The van der Waals surface area contributed by atoms with Gasteiger partial charge >= 0.3 is 0 Å². The average molecular weight is 255 g/mol. The number of rotatable bonds is 5. The van der Waals surface area contributed by atoms with Crippen molar-refractivity contribution in [3.05, 3.63) is 5.69 Å². The molecular weight excluding hydrogens is 234 g/mol. The van der Waals surface area contributed by atoms with E-state index in [0.717, 1.165) is 16.6 Å². The number of ether oxygens (including phenoxy) is 1. The van der Waals surface area contributed by atoms with Gasteiger partial charge in [-0.3, -0.25) is 0 Å². The number of hydrogen-bond acceptors (Lipinski definition) is 5. The summed E-state index contributed by atoms with van der Waals surface area (Å²) in [4.78, 5) is 0. The minimum atomic E-state index is 0.417. The summed E-state index contributed by atoms with van der Waals surface area (Å²) in [5, 5.41) is 8.23. The van der Waals surface area contributed by atoms with E-state index in [9.17, 15) is 0 Å². The van der Waals surface area contributed by atoms with E-state index in [2.05, 4.69) is 21.8 Å². The third-order valence-corrected chi connectivity index (χ3v) is 4.37. The maximum atomic E-state index is 6.04. The van der Waals surface area contributed by atoms with Gasteiger partial charge in [0, 0.05) is 18.6 Å². The number of anilines is 1. The molecule has 17 heavy (non-hydrogen) atoms. The van der Waals surface area contributed by atoms with Gasteiger partial charge in [-0.05, 0) is 18.8 Å². The minimum Gasteiger partial charge on any atom is -0.377 e. The van der Waals surface area contributed by atoms with Gasteiger partial charge in [0.25, 0.3) is 0 Å². The fourth-order valence-corrected chi connectivity index (χ4v) is 3.06. The van der Waals surface area contributed by atoms with Crippen LogP contribution in [-0.4, -0.2) is 22.7 Å². The summed E-state index contributed by atoms with van der Waals surface area (Å²) in [6, 6.07) is 0. The molecule has 1 heterocycles. The molecule has 0 radical (unpaired) electrons. The van der Waals surface area contributed by atoms with Crippen LogP contribution in [0, 0.1) is 5.92 Å². The molecule has 1 aliphatic carbocycles. The van der Waals surface area contributed by atoms with Gasteiger partial charge in [0.05, 0.1) is 12.7 Å². The SMILES string of the molecule is CCC1CCCCC1OCc1nnsc1NC. The maximum absolute atomic E-state index is 6.04. The molecule has 1 N–H and O–H groups in total. The summed E-state index contributed by atoms with van der Waals surface area (Å²) in [5.41, 5.74) is 0.943. The molecule has 96 valence electrons. The van der Waals surface area contributed by atoms with E-state index < -0.39 is 0 Å². The van der Waals surface area contributed by atoms with E-state index >= 15 is 0 Å². The zero-order valence-electron chi connectivity index (χ0n) is 10.6. The molecular formula is C12H21N3OS. The lowest BCUT2D eigenvalue weighted by Crippen LogP contribution is -2.27. The highest BCUT2D eigenvalue weighted by atomic mass is 32.1. The highest BCUT2D eigenvalue weighted by molar-refractivity contribution is 7.10. The van der Waals surface area contributed by atoms with Crippen molar-refractivity contribution in [2.24, 2.45) is 5.92 Å². The van der Waals surface area contributed by atoms with Gasteiger partial charge in [-0.2, -0.15) is 0 Å². The lowest BCUT2D eigenvalue weighted by molar-refractivity contribution is -0.0232. The molecule has 0 aliphatic heterocycles. The second-order valence-electron chi connectivity index (χ2n) is 4.60. The molecule has 1 aliphatic rings. The zero-order valence-corrected chi connectivity index (χ0v) is 11.4. The lowest BCUT2D eigenvalue weighted by Gasteiger charge is -2.30. The number of nitrogens with one attached hydrogen (secondary N) is 1. The predicted octanol–water partition coefficient (Wildman–Crippen LogP) is 3.07. The molecule has 1 fully saturated rings. The second-order valence-corrected chi connectivity index (χ2v) is 5.36. The normalized spacial score (nSPS) is 24.8. The Kier molecular flexibility index (Phi) is 4.74. The van der Waals surface area contributed by atoms with Crippen LogP contribution in [0.25, 0.3) is 0 Å². The summed E-state index contributed by atoms with van der Waals surface area (Å²) in [7, 11) is 1.90. The molecule has 1 aromatic heterocycles. The van der Waals surface area contributed by atoms with E-state index in [4.69, 9.17) is 4.74 Å². The number of aromatic nitrogens is 2. The van der Waals surface area contributed by atoms with E-state index in [0.29, 0.717) is 12.7 Å². The monoisotopic (exact) mass is 255 g/mol. The average Bonchev–Trinajstić information content (AvgIpc) is 2.84. The largest absolute Gasteiger partial charge is 0.377 e. The molecule has 0 bridgehead atoms. The molecule has 2 unspecified atom stereocenters. The van der Waals surface area contributed by atoms with Gasteiger partial charge in [0.2, 0.25) is 0 Å². The number of nitrogens with zero attached hydrogens (tertiary/aromatic N) is 2. The first kappa shape index (κ1) is 12.8. The molecule has 0 amide bonds. The Hall–Kier alpha value is -0.680. The van der Waals surface area contributed by atoms with Crippen LogP contribution < -0.4 is 5.32 Å². The van der Waals surface area contributed by atoms with Crippen LogP contribution in [0.4, 0.5) is 5.00 Å². The predicted molar refractivity (Wildman–Crippen MR) is 70.3 cm³/mol. The van der Waals surface area contributed by atoms with Gasteiger partial charge < -0.3 is 10.1 Å². The first-order valence-corrected chi connectivity index (χ1v) is 7.23. The topological polar surface area (TPSA) is 47.0 Å². The van der Waals surface area contributed by atoms with Crippen LogP contribution in [0.3, 0.4) is 0 Å². The van der Waals surface area contributed by atoms with Gasteiger partial charge in [-0.15, -0.1) is 5.10 Å². The summed E-state index contributed by atoms with van der Waals surface area (Å²) in [6.07, 6.45) is 6.81. The molecule has 5 heteroatoms. The quantitative estimate of drug-likeness (QED) is 0.878. The maximum Gasteiger partial charge on any atom is 0.135 e. The first-order chi connectivity index (χ1) is 8.35. The Morgan fingerprint density at radius 1 is 1.41 bits per heavy atom. The fraction of sp³-hybridized carbons (Fsp3) is 0.833. The van der Waals surface area contributed by atoms with Crippen molar-refractivity contribution in [1.29, 1.82) is 0 Å². The molecule has 2 rings (SSSR count). The molecule has 4 nitrogen and oxygen atoms in total. The van der Waals surface area contributed by atoms with Crippen LogP contribution in [-0.2, 0) is 11.3 Å². The van der Waals surface area contributed by atoms with Crippen molar-refractivity contribution in [3.63, 3.8) is 0 Å². The third-order valence-electron chi connectivity index (χ3n) is 3.58. The van der Waals surface area contributed by atoms with Crippen molar-refractivity contribution in [2.75, 3.05) is 12.4 Å². The Morgan fingerprint density at radius 2 is 2.24 bits per heavy atom. The highest BCUT2D eigenvalue weighted by Gasteiger charge is 2.24. The Labute approximate surface area is 107 Å². The summed E-state index contributed by atoms with van der Waals surface area (Å²) in [6.45, 7) is 2.85. The molecule has 1 saturated carbocycles. The Morgan fingerprint density at radius 3 is 3.00 bits per heavy atom. The van der Waals surface area contributed by atoms with Crippen molar-refractivity contribution >= 4 is 16.5 Å².